The molecule has 0 fully saturated rings. The number of nitrogens with one attached hydrogen (secondary N) is 3. The van der Waals surface area contributed by atoms with Gasteiger partial charge in [-0.2, -0.15) is 0 Å². The summed E-state index contributed by atoms with van der Waals surface area (Å²) in [5.41, 5.74) is 3.19. The molecule has 0 aliphatic heterocycles. The Labute approximate surface area is 158 Å². The zero-order chi connectivity index (χ0) is 19.1. The molecule has 3 aromatic rings. The maximum Gasteiger partial charge on any atom is 0.323 e. The molecule has 0 aliphatic carbocycles. The van der Waals surface area contributed by atoms with Gasteiger partial charge in [0.2, 0.25) is 0 Å². The lowest BCUT2D eigenvalue weighted by atomic mass is 10.2. The van der Waals surface area contributed by atoms with Gasteiger partial charge in [-0.3, -0.25) is 0 Å². The Bertz CT molecular complexity index is 896. The molecule has 0 saturated carbocycles. The van der Waals surface area contributed by atoms with Crippen LogP contribution in [0.3, 0.4) is 0 Å². The summed E-state index contributed by atoms with van der Waals surface area (Å²) >= 11 is 0. The standard InChI is InChI=1S/C21H21N3O3/c1-26-19-13-12-18(14-20(19)27-2)22-16-8-10-17(11-9-16)24-21(25)23-15-6-4-3-5-7-15/h3-14,22H,1-2H3,(H2,23,24,25). The van der Waals surface area contributed by atoms with E-state index < -0.39 is 0 Å². The van der Waals surface area contributed by atoms with Crippen LogP contribution in [-0.4, -0.2) is 20.3 Å². The summed E-state index contributed by atoms with van der Waals surface area (Å²) in [5.74, 6) is 1.32. The zero-order valence-corrected chi connectivity index (χ0v) is 15.2. The van der Waals surface area contributed by atoms with Crippen LogP contribution in [0.1, 0.15) is 0 Å². The number of benzene rings is 3. The second kappa shape index (κ2) is 8.62. The topological polar surface area (TPSA) is 71.6 Å². The molecule has 27 heavy (non-hydrogen) atoms. The lowest BCUT2D eigenvalue weighted by Crippen LogP contribution is -2.19. The maximum atomic E-state index is 12.0. The molecule has 0 heterocycles. The van der Waals surface area contributed by atoms with Crippen LogP contribution in [-0.2, 0) is 0 Å². The second-order valence-corrected chi connectivity index (χ2v) is 5.72. The van der Waals surface area contributed by atoms with Crippen molar-refractivity contribution in [3.8, 4) is 11.5 Å². The third-order valence-electron chi connectivity index (χ3n) is 3.85. The van der Waals surface area contributed by atoms with Gasteiger partial charge in [0.05, 0.1) is 14.2 Å². The molecule has 0 aromatic heterocycles. The van der Waals surface area contributed by atoms with Gasteiger partial charge < -0.3 is 25.4 Å². The van der Waals surface area contributed by atoms with Gasteiger partial charge in [-0.1, -0.05) is 18.2 Å². The molecule has 0 spiro atoms. The van der Waals surface area contributed by atoms with E-state index in [0.717, 1.165) is 17.1 Å². The Kier molecular flexibility index (Phi) is 5.79. The van der Waals surface area contributed by atoms with E-state index in [9.17, 15) is 4.79 Å². The molecular weight excluding hydrogens is 342 g/mol. The molecule has 3 aromatic carbocycles. The first-order valence-electron chi connectivity index (χ1n) is 8.40. The van der Waals surface area contributed by atoms with Crippen LogP contribution in [0.15, 0.2) is 72.8 Å². The number of anilines is 4. The number of carbonyl (C=O) groups is 1. The number of ether oxygens (including phenoxy) is 2. The summed E-state index contributed by atoms with van der Waals surface area (Å²) in [6, 6.07) is 22.0. The number of para-hydroxylation sites is 1. The quantitative estimate of drug-likeness (QED) is 0.570. The van der Waals surface area contributed by atoms with Crippen molar-refractivity contribution in [2.75, 3.05) is 30.2 Å². The fraction of sp³-hybridized carbons (Fsp3) is 0.0952. The molecule has 0 atom stereocenters. The number of rotatable bonds is 6. The minimum absolute atomic E-state index is 0.290. The van der Waals surface area contributed by atoms with Gasteiger partial charge in [0.25, 0.3) is 0 Å². The Balaban J connectivity index is 1.61. The maximum absolute atomic E-state index is 12.0. The van der Waals surface area contributed by atoms with E-state index in [2.05, 4.69) is 16.0 Å². The molecular formula is C21H21N3O3. The average Bonchev–Trinajstić information content (AvgIpc) is 2.70. The van der Waals surface area contributed by atoms with Gasteiger partial charge in [0, 0.05) is 28.8 Å². The van der Waals surface area contributed by atoms with E-state index in [1.807, 2.05) is 72.8 Å². The van der Waals surface area contributed by atoms with Crippen molar-refractivity contribution in [2.45, 2.75) is 0 Å². The highest BCUT2D eigenvalue weighted by Gasteiger charge is 2.06. The van der Waals surface area contributed by atoms with E-state index in [1.54, 1.807) is 14.2 Å². The number of urea groups is 1. The van der Waals surface area contributed by atoms with Crippen LogP contribution in [0.4, 0.5) is 27.5 Å². The van der Waals surface area contributed by atoms with E-state index >= 15 is 0 Å². The van der Waals surface area contributed by atoms with Crippen LogP contribution >= 0.6 is 0 Å². The van der Waals surface area contributed by atoms with Crippen molar-refractivity contribution in [3.63, 3.8) is 0 Å². The van der Waals surface area contributed by atoms with Crippen LogP contribution < -0.4 is 25.4 Å². The minimum atomic E-state index is -0.290. The Morgan fingerprint density at radius 1 is 0.667 bits per heavy atom. The lowest BCUT2D eigenvalue weighted by Gasteiger charge is -2.12. The van der Waals surface area contributed by atoms with E-state index in [-0.39, 0.29) is 6.03 Å². The molecule has 3 rings (SSSR count). The normalized spacial score (nSPS) is 10.0. The minimum Gasteiger partial charge on any atom is -0.493 e. The monoisotopic (exact) mass is 363 g/mol. The number of carbonyl (C=O) groups excluding carboxylic acids is 1. The van der Waals surface area contributed by atoms with Crippen molar-refractivity contribution < 1.29 is 14.3 Å². The Morgan fingerprint density at radius 3 is 1.85 bits per heavy atom. The zero-order valence-electron chi connectivity index (χ0n) is 15.2. The first-order chi connectivity index (χ1) is 13.2. The summed E-state index contributed by atoms with van der Waals surface area (Å²) in [6.07, 6.45) is 0. The van der Waals surface area contributed by atoms with Crippen LogP contribution in [0.25, 0.3) is 0 Å². The SMILES string of the molecule is COc1ccc(Nc2ccc(NC(=O)Nc3ccccc3)cc2)cc1OC. The molecule has 0 radical (unpaired) electrons. The predicted octanol–water partition coefficient (Wildman–Crippen LogP) is 5.09. The summed E-state index contributed by atoms with van der Waals surface area (Å²) in [6.45, 7) is 0. The largest absolute Gasteiger partial charge is 0.493 e. The van der Waals surface area contributed by atoms with Crippen molar-refractivity contribution in [2.24, 2.45) is 0 Å². The summed E-state index contributed by atoms with van der Waals surface area (Å²) in [5, 5.41) is 8.86. The van der Waals surface area contributed by atoms with Crippen LogP contribution in [0, 0.1) is 0 Å². The van der Waals surface area contributed by atoms with Crippen molar-refractivity contribution in [1.82, 2.24) is 0 Å². The first-order valence-corrected chi connectivity index (χ1v) is 8.40. The molecule has 0 saturated heterocycles. The molecule has 6 nitrogen and oxygen atoms in total. The van der Waals surface area contributed by atoms with Gasteiger partial charge in [-0.05, 0) is 48.5 Å². The van der Waals surface area contributed by atoms with Gasteiger partial charge in [-0.15, -0.1) is 0 Å². The molecule has 0 unspecified atom stereocenters. The lowest BCUT2D eigenvalue weighted by molar-refractivity contribution is 0.262. The van der Waals surface area contributed by atoms with E-state index in [1.165, 1.54) is 0 Å². The molecule has 6 heteroatoms. The van der Waals surface area contributed by atoms with Crippen molar-refractivity contribution >= 4 is 28.8 Å². The second-order valence-electron chi connectivity index (χ2n) is 5.72. The van der Waals surface area contributed by atoms with Crippen molar-refractivity contribution in [1.29, 1.82) is 0 Å². The molecule has 0 bridgehead atoms. The number of methoxy groups -OCH3 is 2. The number of hydrogen-bond acceptors (Lipinski definition) is 4. The van der Waals surface area contributed by atoms with E-state index in [4.69, 9.17) is 9.47 Å². The van der Waals surface area contributed by atoms with Crippen LogP contribution in [0.2, 0.25) is 0 Å². The fourth-order valence-corrected chi connectivity index (χ4v) is 2.53. The van der Waals surface area contributed by atoms with Gasteiger partial charge in [0.1, 0.15) is 0 Å². The number of hydrogen-bond donors (Lipinski definition) is 3. The summed E-state index contributed by atoms with van der Waals surface area (Å²) in [4.78, 5) is 12.0. The summed E-state index contributed by atoms with van der Waals surface area (Å²) in [7, 11) is 3.20. The molecule has 138 valence electrons. The molecule has 3 N–H and O–H groups in total. The number of amides is 2. The summed E-state index contributed by atoms with van der Waals surface area (Å²) < 4.78 is 10.5. The van der Waals surface area contributed by atoms with Gasteiger partial charge in [0.15, 0.2) is 11.5 Å². The predicted molar refractivity (Wildman–Crippen MR) is 108 cm³/mol. The third kappa shape index (κ3) is 4.92. The highest BCUT2D eigenvalue weighted by atomic mass is 16.5. The van der Waals surface area contributed by atoms with Crippen molar-refractivity contribution in [3.05, 3.63) is 72.8 Å². The van der Waals surface area contributed by atoms with E-state index in [0.29, 0.717) is 17.2 Å². The smallest absolute Gasteiger partial charge is 0.323 e. The Morgan fingerprint density at radius 2 is 1.22 bits per heavy atom. The Hall–Kier alpha value is -3.67. The highest BCUT2D eigenvalue weighted by Crippen LogP contribution is 2.31. The van der Waals surface area contributed by atoms with Crippen LogP contribution in [0.5, 0.6) is 11.5 Å². The average molecular weight is 363 g/mol. The fourth-order valence-electron chi connectivity index (χ4n) is 2.53. The first kappa shape index (κ1) is 18.1. The van der Waals surface area contributed by atoms with Gasteiger partial charge >= 0.3 is 6.03 Å². The van der Waals surface area contributed by atoms with Gasteiger partial charge in [-0.25, -0.2) is 4.79 Å². The third-order valence-corrected chi connectivity index (χ3v) is 3.85. The highest BCUT2D eigenvalue weighted by molar-refractivity contribution is 5.99. The molecule has 0 aliphatic rings. The molecule has 2 amide bonds.